The average molecular weight is 429 g/mol. The number of aliphatic hydroxyl groups excluding tert-OH is 2. The molecule has 2 N–H and O–H groups in total. The monoisotopic (exact) mass is 428 g/mol. The first-order chi connectivity index (χ1) is 14.4. The Kier molecular flexibility index (Phi) is 8.61. The molecule has 0 aromatic carbocycles. The predicted octanol–water partition coefficient (Wildman–Crippen LogP) is 4.44. The van der Waals surface area contributed by atoms with E-state index in [0.29, 0.717) is 0 Å². The molecule has 1 saturated carbocycles. The maximum atomic E-state index is 11.2. The lowest BCUT2D eigenvalue weighted by atomic mass is 9.85. The van der Waals surface area contributed by atoms with Crippen LogP contribution in [0.2, 0.25) is 0 Å². The molecule has 30 heavy (non-hydrogen) atoms. The van der Waals surface area contributed by atoms with Gasteiger partial charge in [-0.15, -0.1) is 0 Å². The first-order valence-corrected chi connectivity index (χ1v) is 12.5. The molecule has 2 saturated heterocycles. The number of hydrogen-bond acceptors (Lipinski definition) is 6. The van der Waals surface area contributed by atoms with Crippen LogP contribution in [0.15, 0.2) is 0 Å². The summed E-state index contributed by atoms with van der Waals surface area (Å²) in [5.74, 6) is -1.44. The molecule has 3 aliphatic rings. The summed E-state index contributed by atoms with van der Waals surface area (Å²) < 4.78 is 25.6. The van der Waals surface area contributed by atoms with E-state index in [2.05, 4.69) is 27.7 Å². The lowest BCUT2D eigenvalue weighted by Crippen LogP contribution is -2.61. The molecule has 0 spiro atoms. The van der Waals surface area contributed by atoms with E-state index < -0.39 is 48.2 Å². The summed E-state index contributed by atoms with van der Waals surface area (Å²) in [6.07, 6.45) is 7.27. The third kappa shape index (κ3) is 4.89. The van der Waals surface area contributed by atoms with Crippen LogP contribution in [0.5, 0.6) is 0 Å². The molecular formula is C24H44O6. The summed E-state index contributed by atoms with van der Waals surface area (Å²) in [4.78, 5) is 0. The molecule has 0 aromatic heterocycles. The highest BCUT2D eigenvalue weighted by Gasteiger charge is 2.64. The van der Waals surface area contributed by atoms with Crippen molar-refractivity contribution in [1.29, 1.82) is 0 Å². The van der Waals surface area contributed by atoms with Gasteiger partial charge in [0.25, 0.3) is 0 Å². The minimum Gasteiger partial charge on any atom is -0.387 e. The highest BCUT2D eigenvalue weighted by atomic mass is 16.8. The lowest BCUT2D eigenvalue weighted by Gasteiger charge is -2.38. The molecule has 6 heteroatoms. The van der Waals surface area contributed by atoms with Gasteiger partial charge in [-0.3, -0.25) is 0 Å². The van der Waals surface area contributed by atoms with Crippen LogP contribution in [0.4, 0.5) is 0 Å². The van der Waals surface area contributed by atoms with Gasteiger partial charge >= 0.3 is 0 Å². The van der Waals surface area contributed by atoms with Crippen molar-refractivity contribution in [1.82, 2.24) is 0 Å². The molecule has 2 aliphatic heterocycles. The highest BCUT2D eigenvalue weighted by molar-refractivity contribution is 5.09. The second kappa shape index (κ2) is 10.6. The van der Waals surface area contributed by atoms with Crippen molar-refractivity contribution in [2.75, 3.05) is 0 Å². The minimum atomic E-state index is -0.862. The maximum absolute atomic E-state index is 11.2. The fourth-order valence-corrected chi connectivity index (χ4v) is 5.25. The van der Waals surface area contributed by atoms with Gasteiger partial charge in [-0.25, -0.2) is 0 Å². The van der Waals surface area contributed by atoms with Crippen LogP contribution in [-0.2, 0) is 18.9 Å². The highest BCUT2D eigenvalue weighted by Crippen LogP contribution is 2.49. The van der Waals surface area contributed by atoms with Crippen LogP contribution in [-0.4, -0.2) is 58.4 Å². The number of unbranched alkanes of at least 4 members (excludes halogenated alkanes) is 4. The molecule has 1 aliphatic carbocycles. The maximum Gasteiger partial charge on any atom is 0.169 e. The van der Waals surface area contributed by atoms with Gasteiger partial charge in [0, 0.05) is 25.7 Å². The van der Waals surface area contributed by atoms with Crippen molar-refractivity contribution in [2.45, 2.75) is 153 Å². The molecule has 6 atom stereocenters. The number of fused-ring (bicyclic) bond motifs is 2. The summed E-state index contributed by atoms with van der Waals surface area (Å²) in [5, 5.41) is 22.4. The Morgan fingerprint density at radius 1 is 0.500 bits per heavy atom. The molecule has 3 rings (SSSR count). The van der Waals surface area contributed by atoms with Crippen molar-refractivity contribution in [3.8, 4) is 0 Å². The Balaban J connectivity index is 1.77. The van der Waals surface area contributed by atoms with E-state index in [1.807, 2.05) is 0 Å². The summed E-state index contributed by atoms with van der Waals surface area (Å²) in [7, 11) is 0. The van der Waals surface area contributed by atoms with Gasteiger partial charge in [0.2, 0.25) is 0 Å². The average Bonchev–Trinajstić information content (AvgIpc) is 3.33. The Hall–Kier alpha value is -0.240. The predicted molar refractivity (Wildman–Crippen MR) is 115 cm³/mol. The summed E-state index contributed by atoms with van der Waals surface area (Å²) in [6, 6.07) is 0. The second-order valence-corrected chi connectivity index (χ2v) is 9.55. The van der Waals surface area contributed by atoms with Gasteiger partial charge in [-0.05, 0) is 25.7 Å². The molecule has 0 radical (unpaired) electrons. The number of hydrogen-bond donors (Lipinski definition) is 2. The van der Waals surface area contributed by atoms with Gasteiger partial charge in [0.15, 0.2) is 11.6 Å². The smallest absolute Gasteiger partial charge is 0.169 e. The van der Waals surface area contributed by atoms with Gasteiger partial charge < -0.3 is 29.2 Å². The zero-order valence-electron chi connectivity index (χ0n) is 19.5. The van der Waals surface area contributed by atoms with Crippen LogP contribution in [0.1, 0.15) is 105 Å². The van der Waals surface area contributed by atoms with E-state index >= 15 is 0 Å². The normalized spacial score (nSPS) is 36.6. The number of rotatable bonds is 12. The SMILES string of the molecule is CCCCC1(CCCC)O[C@@H]2C(O)[C@@H]3OC(CCCC)(CCCC)O[C@H]3C(O)[C@@H]2O1. The van der Waals surface area contributed by atoms with E-state index in [0.717, 1.165) is 77.0 Å². The van der Waals surface area contributed by atoms with Gasteiger partial charge in [0.1, 0.15) is 36.6 Å². The first-order valence-electron chi connectivity index (χ1n) is 12.5. The standard InChI is InChI=1S/C24H44O6/c1-5-9-13-23(14-10-6-2)27-19-17(25)21-22(18(26)20(19)28-23)30-24(29-21,15-11-7-3)16-12-8-4/h17-22,25-26H,5-16H2,1-4H3/t17?,18?,19-,20-,21-,22+/m0/s1. The zero-order valence-corrected chi connectivity index (χ0v) is 19.5. The first kappa shape index (κ1) is 24.4. The Morgan fingerprint density at radius 3 is 0.933 bits per heavy atom. The molecular weight excluding hydrogens is 384 g/mol. The fraction of sp³-hybridized carbons (Fsp3) is 1.00. The van der Waals surface area contributed by atoms with E-state index in [9.17, 15) is 10.2 Å². The Labute approximate surface area is 182 Å². The van der Waals surface area contributed by atoms with Crippen molar-refractivity contribution < 1.29 is 29.2 Å². The summed E-state index contributed by atoms with van der Waals surface area (Å²) in [5.41, 5.74) is 0. The quantitative estimate of drug-likeness (QED) is 0.478. The molecule has 0 bridgehead atoms. The lowest BCUT2D eigenvalue weighted by molar-refractivity contribution is -0.217. The van der Waals surface area contributed by atoms with E-state index in [4.69, 9.17) is 18.9 Å². The van der Waals surface area contributed by atoms with Crippen LogP contribution in [0.3, 0.4) is 0 Å². The molecule has 3 fully saturated rings. The van der Waals surface area contributed by atoms with Crippen molar-refractivity contribution in [3.05, 3.63) is 0 Å². The molecule has 2 unspecified atom stereocenters. The Bertz CT molecular complexity index is 436. The number of aliphatic hydroxyl groups is 2. The molecule has 0 aromatic rings. The minimum absolute atomic E-state index is 0.577. The topological polar surface area (TPSA) is 77.4 Å². The third-order valence-corrected chi connectivity index (χ3v) is 7.04. The second-order valence-electron chi connectivity index (χ2n) is 9.55. The Morgan fingerprint density at radius 2 is 0.733 bits per heavy atom. The molecule has 176 valence electrons. The fourth-order valence-electron chi connectivity index (χ4n) is 5.25. The third-order valence-electron chi connectivity index (χ3n) is 7.04. The molecule has 0 amide bonds. The summed E-state index contributed by atoms with van der Waals surface area (Å²) in [6.45, 7) is 8.60. The van der Waals surface area contributed by atoms with Crippen molar-refractivity contribution in [3.63, 3.8) is 0 Å². The van der Waals surface area contributed by atoms with Crippen LogP contribution in [0.25, 0.3) is 0 Å². The van der Waals surface area contributed by atoms with E-state index in [-0.39, 0.29) is 0 Å². The van der Waals surface area contributed by atoms with Gasteiger partial charge in [-0.2, -0.15) is 0 Å². The van der Waals surface area contributed by atoms with Crippen LogP contribution < -0.4 is 0 Å². The summed E-state index contributed by atoms with van der Waals surface area (Å²) >= 11 is 0. The van der Waals surface area contributed by atoms with E-state index in [1.54, 1.807) is 0 Å². The van der Waals surface area contributed by atoms with Crippen LogP contribution >= 0.6 is 0 Å². The van der Waals surface area contributed by atoms with Crippen LogP contribution in [0, 0.1) is 0 Å². The van der Waals surface area contributed by atoms with Crippen molar-refractivity contribution in [2.24, 2.45) is 0 Å². The molecule has 6 nitrogen and oxygen atoms in total. The number of ether oxygens (including phenoxy) is 4. The zero-order chi connectivity index (χ0) is 21.8. The van der Waals surface area contributed by atoms with Gasteiger partial charge in [-0.1, -0.05) is 53.4 Å². The van der Waals surface area contributed by atoms with Crippen molar-refractivity contribution >= 4 is 0 Å². The van der Waals surface area contributed by atoms with E-state index in [1.165, 1.54) is 0 Å². The largest absolute Gasteiger partial charge is 0.387 e. The van der Waals surface area contributed by atoms with Gasteiger partial charge in [0.05, 0.1) is 0 Å². The molecule has 2 heterocycles.